The fourth-order valence-electron chi connectivity index (χ4n) is 5.17. The Morgan fingerprint density at radius 2 is 1.96 bits per heavy atom. The molecule has 1 aromatic carbocycles. The maximum absolute atomic E-state index is 12.6. The number of ether oxygens (including phenoxy) is 1. The van der Waals surface area contributed by atoms with E-state index in [1.807, 2.05) is 0 Å². The second kappa shape index (κ2) is 8.32. The summed E-state index contributed by atoms with van der Waals surface area (Å²) in [6, 6.07) is 8.17. The van der Waals surface area contributed by atoms with Gasteiger partial charge in [-0.3, -0.25) is 9.69 Å². The molecule has 3 saturated heterocycles. The van der Waals surface area contributed by atoms with Crippen LogP contribution in [0.1, 0.15) is 50.2 Å². The largest absolute Gasteiger partial charge is 0.381 e. The van der Waals surface area contributed by atoms with Gasteiger partial charge in [0.1, 0.15) is 5.78 Å². The number of ketones is 1. The van der Waals surface area contributed by atoms with E-state index in [1.54, 1.807) is 0 Å². The number of Topliss-reactive ketones (excluding diaryl/α,β-unsaturated/α-hetero) is 1. The summed E-state index contributed by atoms with van der Waals surface area (Å²) in [5, 5.41) is 0. The summed E-state index contributed by atoms with van der Waals surface area (Å²) in [6.07, 6.45) is 6.33. The van der Waals surface area contributed by atoms with Gasteiger partial charge >= 0.3 is 0 Å². The lowest BCUT2D eigenvalue weighted by Gasteiger charge is -2.28. The lowest BCUT2D eigenvalue weighted by atomic mass is 9.90. The van der Waals surface area contributed by atoms with Crippen molar-refractivity contribution in [2.75, 3.05) is 37.7 Å². The van der Waals surface area contributed by atoms with Crippen molar-refractivity contribution in [1.82, 2.24) is 4.90 Å². The van der Waals surface area contributed by atoms with Crippen molar-refractivity contribution in [2.24, 2.45) is 5.92 Å². The zero-order valence-corrected chi connectivity index (χ0v) is 17.0. The first-order valence-electron chi connectivity index (χ1n) is 10.8. The number of carbonyl (C=O) groups excluding carboxylic acids is 1. The van der Waals surface area contributed by atoms with Crippen molar-refractivity contribution in [2.45, 2.75) is 64.5 Å². The smallest absolute Gasteiger partial charge is 0.140 e. The first-order chi connectivity index (χ1) is 13.1. The molecule has 3 fully saturated rings. The van der Waals surface area contributed by atoms with E-state index >= 15 is 0 Å². The summed E-state index contributed by atoms with van der Waals surface area (Å²) < 4.78 is 5.39. The van der Waals surface area contributed by atoms with Gasteiger partial charge in [-0.1, -0.05) is 6.07 Å². The number of nitrogens with zero attached hydrogens (tertiary/aromatic N) is 2. The number of carbonyl (C=O) groups is 1. The van der Waals surface area contributed by atoms with E-state index in [1.165, 1.54) is 42.6 Å². The van der Waals surface area contributed by atoms with Crippen molar-refractivity contribution in [3.63, 3.8) is 0 Å². The number of rotatable bonds is 5. The molecular formula is C23H34N2O2. The molecule has 0 spiro atoms. The van der Waals surface area contributed by atoms with Gasteiger partial charge in [0.05, 0.1) is 0 Å². The van der Waals surface area contributed by atoms with Crippen LogP contribution >= 0.6 is 0 Å². The molecule has 0 aliphatic carbocycles. The topological polar surface area (TPSA) is 32.8 Å². The molecular weight excluding hydrogens is 336 g/mol. The molecule has 4 rings (SSSR count). The lowest BCUT2D eigenvalue weighted by Crippen LogP contribution is -2.39. The van der Waals surface area contributed by atoms with Crippen molar-refractivity contribution in [3.8, 4) is 0 Å². The Balaban J connectivity index is 1.37. The van der Waals surface area contributed by atoms with Crippen molar-refractivity contribution >= 4 is 11.5 Å². The number of anilines is 1. The van der Waals surface area contributed by atoms with Gasteiger partial charge < -0.3 is 9.64 Å². The fourth-order valence-corrected chi connectivity index (χ4v) is 5.17. The quantitative estimate of drug-likeness (QED) is 0.793. The van der Waals surface area contributed by atoms with E-state index < -0.39 is 0 Å². The molecule has 0 N–H and O–H groups in total. The third kappa shape index (κ3) is 4.22. The van der Waals surface area contributed by atoms with Gasteiger partial charge in [-0.25, -0.2) is 0 Å². The van der Waals surface area contributed by atoms with Gasteiger partial charge in [0.2, 0.25) is 0 Å². The van der Waals surface area contributed by atoms with Crippen molar-refractivity contribution < 1.29 is 9.53 Å². The third-order valence-corrected chi connectivity index (χ3v) is 6.97. The van der Waals surface area contributed by atoms with E-state index in [4.69, 9.17) is 4.74 Å². The molecule has 3 heterocycles. The van der Waals surface area contributed by atoms with Gasteiger partial charge in [-0.15, -0.1) is 0 Å². The van der Waals surface area contributed by atoms with E-state index in [9.17, 15) is 4.79 Å². The Bertz CT molecular complexity index is 668. The Kier molecular flexibility index (Phi) is 5.84. The van der Waals surface area contributed by atoms with Crippen molar-refractivity contribution in [1.29, 1.82) is 0 Å². The maximum atomic E-state index is 12.6. The highest BCUT2D eigenvalue weighted by atomic mass is 16.5. The Hall–Kier alpha value is -1.39. The average molecular weight is 371 g/mol. The molecule has 3 aliphatic heterocycles. The normalized spacial score (nSPS) is 27.4. The summed E-state index contributed by atoms with van der Waals surface area (Å²) in [6.45, 7) is 9.57. The van der Waals surface area contributed by atoms with Gasteiger partial charge in [-0.05, 0) is 75.8 Å². The van der Waals surface area contributed by atoms with Crippen LogP contribution in [-0.2, 0) is 16.0 Å². The zero-order chi connectivity index (χ0) is 18.8. The van der Waals surface area contributed by atoms with Crippen LogP contribution in [0.4, 0.5) is 5.69 Å². The molecule has 2 atom stereocenters. The van der Waals surface area contributed by atoms with E-state index in [-0.39, 0.29) is 5.92 Å². The molecule has 148 valence electrons. The van der Waals surface area contributed by atoms with Gasteiger partial charge in [0, 0.05) is 56.4 Å². The number of aryl methyl sites for hydroxylation is 1. The Labute approximate surface area is 163 Å². The Morgan fingerprint density at radius 1 is 1.15 bits per heavy atom. The predicted octanol–water partition coefficient (Wildman–Crippen LogP) is 3.60. The lowest BCUT2D eigenvalue weighted by molar-refractivity contribution is -0.125. The number of hydrogen-bond donors (Lipinski definition) is 0. The molecule has 0 amide bonds. The van der Waals surface area contributed by atoms with E-state index in [0.717, 1.165) is 45.2 Å². The number of benzene rings is 1. The third-order valence-electron chi connectivity index (χ3n) is 6.97. The SMILES string of the molecule is Cc1cc(N2CCC(N3CCCC3C)C2)ccc1CC(=O)C1CCOCC1. The fraction of sp³-hybridized carbons (Fsp3) is 0.696. The highest BCUT2D eigenvalue weighted by molar-refractivity contribution is 5.83. The van der Waals surface area contributed by atoms with Crippen LogP contribution in [-0.4, -0.2) is 55.6 Å². The zero-order valence-electron chi connectivity index (χ0n) is 17.0. The Morgan fingerprint density at radius 3 is 2.67 bits per heavy atom. The van der Waals surface area contributed by atoms with Crippen LogP contribution in [0.5, 0.6) is 0 Å². The van der Waals surface area contributed by atoms with Crippen molar-refractivity contribution in [3.05, 3.63) is 29.3 Å². The average Bonchev–Trinajstić information content (AvgIpc) is 3.33. The molecule has 0 bridgehead atoms. The van der Waals surface area contributed by atoms with Crippen LogP contribution in [0.15, 0.2) is 18.2 Å². The minimum Gasteiger partial charge on any atom is -0.381 e. The summed E-state index contributed by atoms with van der Waals surface area (Å²) in [5.74, 6) is 0.582. The van der Waals surface area contributed by atoms with Crippen LogP contribution < -0.4 is 4.90 Å². The molecule has 2 unspecified atom stereocenters. The summed E-state index contributed by atoms with van der Waals surface area (Å²) in [5.41, 5.74) is 3.77. The standard InChI is InChI=1S/C23H34N2O2/c1-17-14-21(24-11-7-22(16-24)25-10-3-4-18(25)2)6-5-20(17)15-23(26)19-8-12-27-13-9-19/h5-6,14,18-19,22H,3-4,7-13,15-16H2,1-2H3. The summed E-state index contributed by atoms with van der Waals surface area (Å²) >= 11 is 0. The van der Waals surface area contributed by atoms with Crippen LogP contribution in [0.3, 0.4) is 0 Å². The first kappa shape index (κ1) is 18.9. The molecule has 0 radical (unpaired) electrons. The molecule has 27 heavy (non-hydrogen) atoms. The van der Waals surface area contributed by atoms with E-state index in [2.05, 4.69) is 41.8 Å². The predicted molar refractivity (Wildman–Crippen MR) is 109 cm³/mol. The number of hydrogen-bond acceptors (Lipinski definition) is 4. The molecule has 3 aliphatic rings. The van der Waals surface area contributed by atoms with Gasteiger partial charge in [-0.2, -0.15) is 0 Å². The highest BCUT2D eigenvalue weighted by Crippen LogP contribution is 2.29. The summed E-state index contributed by atoms with van der Waals surface area (Å²) in [4.78, 5) is 17.9. The molecule has 0 aromatic heterocycles. The first-order valence-corrected chi connectivity index (χ1v) is 10.8. The second-order valence-electron chi connectivity index (χ2n) is 8.76. The number of likely N-dealkylation sites (tertiary alicyclic amines) is 1. The van der Waals surface area contributed by atoms with Crippen LogP contribution in [0.2, 0.25) is 0 Å². The van der Waals surface area contributed by atoms with Gasteiger partial charge in [0.25, 0.3) is 0 Å². The van der Waals surface area contributed by atoms with Crippen LogP contribution in [0.25, 0.3) is 0 Å². The minimum atomic E-state index is 0.194. The molecule has 4 nitrogen and oxygen atoms in total. The highest BCUT2D eigenvalue weighted by Gasteiger charge is 2.33. The maximum Gasteiger partial charge on any atom is 0.140 e. The molecule has 0 saturated carbocycles. The van der Waals surface area contributed by atoms with Crippen LogP contribution in [0, 0.1) is 12.8 Å². The summed E-state index contributed by atoms with van der Waals surface area (Å²) in [7, 11) is 0. The second-order valence-corrected chi connectivity index (χ2v) is 8.76. The molecule has 1 aromatic rings. The van der Waals surface area contributed by atoms with Gasteiger partial charge in [0.15, 0.2) is 0 Å². The molecule has 4 heteroatoms. The monoisotopic (exact) mass is 370 g/mol. The van der Waals surface area contributed by atoms with E-state index in [0.29, 0.717) is 18.2 Å². The minimum absolute atomic E-state index is 0.194.